The molecule has 1 heterocycles. The Kier molecular flexibility index (Phi) is 3.75. The number of carbonyl (C=O) groups is 1. The molecular weight excluding hydrogens is 206 g/mol. The first kappa shape index (κ1) is 12.3. The van der Waals surface area contributed by atoms with Crippen LogP contribution in [0.4, 0.5) is 0 Å². The third-order valence-corrected chi connectivity index (χ3v) is 2.11. The van der Waals surface area contributed by atoms with Gasteiger partial charge in [0.2, 0.25) is 5.76 Å². The lowest BCUT2D eigenvalue weighted by atomic mass is 10.1. The van der Waals surface area contributed by atoms with Gasteiger partial charge in [-0.1, -0.05) is 5.92 Å². The summed E-state index contributed by atoms with van der Waals surface area (Å²) in [5.74, 6) is 2.96. The Hall–Kier alpha value is -1.73. The number of hydrogen-bond donors (Lipinski definition) is 1. The Balaban J connectivity index is 2.60. The number of furan rings is 1. The first-order valence-electron chi connectivity index (χ1n) is 4.88. The molecule has 4 heteroatoms. The molecule has 0 bridgehead atoms. The normalized spacial score (nSPS) is 10.9. The predicted octanol–water partition coefficient (Wildman–Crippen LogP) is 1.57. The van der Waals surface area contributed by atoms with Crippen molar-refractivity contribution in [2.75, 3.05) is 7.11 Å². The van der Waals surface area contributed by atoms with E-state index in [0.29, 0.717) is 12.3 Å². The minimum Gasteiger partial charge on any atom is -0.463 e. The van der Waals surface area contributed by atoms with E-state index in [1.807, 2.05) is 13.8 Å². The molecule has 0 spiro atoms. The van der Waals surface area contributed by atoms with Gasteiger partial charge < -0.3 is 9.15 Å². The van der Waals surface area contributed by atoms with Gasteiger partial charge in [0.15, 0.2) is 0 Å². The maximum atomic E-state index is 11.1. The molecule has 0 saturated carbocycles. The summed E-state index contributed by atoms with van der Waals surface area (Å²) in [7, 11) is 1.31. The van der Waals surface area contributed by atoms with Gasteiger partial charge in [0, 0.05) is 0 Å². The van der Waals surface area contributed by atoms with Crippen molar-refractivity contribution in [2.45, 2.75) is 25.9 Å². The highest BCUT2D eigenvalue weighted by atomic mass is 16.5. The van der Waals surface area contributed by atoms with Crippen LogP contribution in [-0.4, -0.2) is 18.6 Å². The van der Waals surface area contributed by atoms with E-state index in [2.05, 4.69) is 16.0 Å². The van der Waals surface area contributed by atoms with Gasteiger partial charge >= 0.3 is 5.97 Å². The second-order valence-corrected chi connectivity index (χ2v) is 3.88. The quantitative estimate of drug-likeness (QED) is 0.619. The average molecular weight is 221 g/mol. The Bertz CT molecular complexity index is 412. The second-order valence-electron chi connectivity index (χ2n) is 3.88. The summed E-state index contributed by atoms with van der Waals surface area (Å²) in [4.78, 5) is 11.1. The maximum Gasteiger partial charge on any atom is 0.373 e. The molecule has 0 atom stereocenters. The van der Waals surface area contributed by atoms with Crippen LogP contribution in [0.1, 0.15) is 30.2 Å². The maximum absolute atomic E-state index is 11.1. The Labute approximate surface area is 95.0 Å². The van der Waals surface area contributed by atoms with E-state index in [1.165, 1.54) is 7.11 Å². The standard InChI is InChI=1S/C12H15NO3/c1-5-12(2,3)13-8-9-6-7-10(16-9)11(14)15-4/h1,6-7,13H,8H2,2-4H3. The number of methoxy groups -OCH3 is 1. The Morgan fingerprint density at radius 2 is 2.31 bits per heavy atom. The van der Waals surface area contributed by atoms with E-state index in [-0.39, 0.29) is 5.76 Å². The molecular formula is C12H15NO3. The lowest BCUT2D eigenvalue weighted by Gasteiger charge is -2.18. The third-order valence-electron chi connectivity index (χ3n) is 2.11. The predicted molar refractivity (Wildman–Crippen MR) is 59.8 cm³/mol. The van der Waals surface area contributed by atoms with Crippen molar-refractivity contribution >= 4 is 5.97 Å². The highest BCUT2D eigenvalue weighted by Gasteiger charge is 2.15. The van der Waals surface area contributed by atoms with Crippen LogP contribution < -0.4 is 5.32 Å². The van der Waals surface area contributed by atoms with Crippen molar-refractivity contribution in [1.29, 1.82) is 0 Å². The van der Waals surface area contributed by atoms with Crippen LogP contribution in [0.5, 0.6) is 0 Å². The SMILES string of the molecule is C#CC(C)(C)NCc1ccc(C(=O)OC)o1. The van der Waals surface area contributed by atoms with Crippen molar-refractivity contribution in [2.24, 2.45) is 0 Å². The largest absolute Gasteiger partial charge is 0.463 e. The zero-order valence-electron chi connectivity index (χ0n) is 9.66. The number of terminal acetylenes is 1. The summed E-state index contributed by atoms with van der Waals surface area (Å²) >= 11 is 0. The van der Waals surface area contributed by atoms with Crippen LogP contribution in [0.2, 0.25) is 0 Å². The molecule has 1 aromatic rings. The molecule has 0 aliphatic rings. The minimum absolute atomic E-state index is 0.192. The van der Waals surface area contributed by atoms with E-state index >= 15 is 0 Å². The fourth-order valence-corrected chi connectivity index (χ4v) is 1.04. The molecule has 0 amide bonds. The fraction of sp³-hybridized carbons (Fsp3) is 0.417. The molecule has 1 N–H and O–H groups in total. The smallest absolute Gasteiger partial charge is 0.373 e. The highest BCUT2D eigenvalue weighted by Crippen LogP contribution is 2.10. The van der Waals surface area contributed by atoms with Crippen LogP contribution in [0.15, 0.2) is 16.5 Å². The number of carbonyl (C=O) groups excluding carboxylic acids is 1. The van der Waals surface area contributed by atoms with Crippen LogP contribution in [0.3, 0.4) is 0 Å². The molecule has 0 unspecified atom stereocenters. The van der Waals surface area contributed by atoms with Gasteiger partial charge in [0.1, 0.15) is 5.76 Å². The molecule has 1 aromatic heterocycles. The monoisotopic (exact) mass is 221 g/mol. The molecule has 86 valence electrons. The van der Waals surface area contributed by atoms with E-state index in [9.17, 15) is 4.79 Å². The number of esters is 1. The van der Waals surface area contributed by atoms with Crippen molar-refractivity contribution < 1.29 is 13.9 Å². The molecule has 0 aliphatic carbocycles. The van der Waals surface area contributed by atoms with E-state index in [0.717, 1.165) is 0 Å². The van der Waals surface area contributed by atoms with Crippen molar-refractivity contribution in [1.82, 2.24) is 5.32 Å². The van der Waals surface area contributed by atoms with Crippen LogP contribution in [0, 0.1) is 12.3 Å². The summed E-state index contributed by atoms with van der Waals surface area (Å²) in [5.41, 5.74) is -0.405. The second kappa shape index (κ2) is 4.86. The number of ether oxygens (including phenoxy) is 1. The average Bonchev–Trinajstić information content (AvgIpc) is 2.74. The molecule has 16 heavy (non-hydrogen) atoms. The molecule has 0 aromatic carbocycles. The summed E-state index contributed by atoms with van der Waals surface area (Å²) in [6.07, 6.45) is 5.33. The first-order chi connectivity index (χ1) is 7.48. The zero-order chi connectivity index (χ0) is 12.2. The molecule has 0 radical (unpaired) electrons. The van der Waals surface area contributed by atoms with Gasteiger partial charge in [0.05, 0.1) is 19.2 Å². The fourth-order valence-electron chi connectivity index (χ4n) is 1.04. The number of nitrogens with one attached hydrogen (secondary N) is 1. The van der Waals surface area contributed by atoms with E-state index < -0.39 is 11.5 Å². The Morgan fingerprint density at radius 3 is 2.88 bits per heavy atom. The van der Waals surface area contributed by atoms with E-state index in [4.69, 9.17) is 10.8 Å². The molecule has 0 fully saturated rings. The van der Waals surface area contributed by atoms with Crippen LogP contribution in [0.25, 0.3) is 0 Å². The van der Waals surface area contributed by atoms with Crippen LogP contribution in [-0.2, 0) is 11.3 Å². The first-order valence-corrected chi connectivity index (χ1v) is 4.88. The van der Waals surface area contributed by atoms with Gasteiger partial charge in [-0.15, -0.1) is 6.42 Å². The van der Waals surface area contributed by atoms with Gasteiger partial charge in [-0.2, -0.15) is 0 Å². The van der Waals surface area contributed by atoms with Crippen molar-refractivity contribution in [3.63, 3.8) is 0 Å². The molecule has 0 aliphatic heterocycles. The zero-order valence-corrected chi connectivity index (χ0v) is 9.66. The number of hydrogen-bond acceptors (Lipinski definition) is 4. The molecule has 1 rings (SSSR count). The van der Waals surface area contributed by atoms with Gasteiger partial charge in [-0.25, -0.2) is 4.79 Å². The van der Waals surface area contributed by atoms with Gasteiger partial charge in [0.25, 0.3) is 0 Å². The molecule has 4 nitrogen and oxygen atoms in total. The van der Waals surface area contributed by atoms with Crippen molar-refractivity contribution in [3.05, 3.63) is 23.7 Å². The van der Waals surface area contributed by atoms with Crippen LogP contribution >= 0.6 is 0 Å². The van der Waals surface area contributed by atoms with Gasteiger partial charge in [-0.05, 0) is 26.0 Å². The summed E-state index contributed by atoms with van der Waals surface area (Å²) in [5, 5.41) is 3.11. The lowest BCUT2D eigenvalue weighted by molar-refractivity contribution is 0.0563. The van der Waals surface area contributed by atoms with E-state index in [1.54, 1.807) is 12.1 Å². The van der Waals surface area contributed by atoms with Gasteiger partial charge in [-0.3, -0.25) is 5.32 Å². The summed E-state index contributed by atoms with van der Waals surface area (Å²) in [6.45, 7) is 4.24. The van der Waals surface area contributed by atoms with Crippen molar-refractivity contribution in [3.8, 4) is 12.3 Å². The molecule has 0 saturated heterocycles. The summed E-state index contributed by atoms with van der Waals surface area (Å²) in [6, 6.07) is 3.29. The lowest BCUT2D eigenvalue weighted by Crippen LogP contribution is -2.36. The topological polar surface area (TPSA) is 51.5 Å². The highest BCUT2D eigenvalue weighted by molar-refractivity contribution is 5.86. The summed E-state index contributed by atoms with van der Waals surface area (Å²) < 4.78 is 9.80. The third kappa shape index (κ3) is 3.14. The number of rotatable bonds is 4. The minimum atomic E-state index is -0.484. The Morgan fingerprint density at radius 1 is 1.62 bits per heavy atom.